The molecule has 1 atom stereocenters. The molecular weight excluding hydrogens is 230 g/mol. The minimum atomic E-state index is -1.46. The van der Waals surface area contributed by atoms with Gasteiger partial charge in [0, 0.05) is 18.3 Å². The minimum absolute atomic E-state index is 0.0958. The van der Waals surface area contributed by atoms with Crippen LogP contribution in [-0.4, -0.2) is 32.5 Å². The van der Waals surface area contributed by atoms with Crippen LogP contribution in [0, 0.1) is 0 Å². The summed E-state index contributed by atoms with van der Waals surface area (Å²) in [6, 6.07) is 0. The van der Waals surface area contributed by atoms with E-state index in [9.17, 15) is 4.79 Å². The molecule has 1 heterocycles. The molecule has 90 valence electrons. The van der Waals surface area contributed by atoms with Gasteiger partial charge in [0.15, 0.2) is 0 Å². The molecule has 0 aliphatic heterocycles. The first kappa shape index (κ1) is 13.0. The van der Waals surface area contributed by atoms with E-state index >= 15 is 0 Å². The van der Waals surface area contributed by atoms with Gasteiger partial charge in [-0.25, -0.2) is 4.98 Å². The summed E-state index contributed by atoms with van der Waals surface area (Å²) in [6.45, 7) is 4.04. The van der Waals surface area contributed by atoms with Gasteiger partial charge >= 0.3 is 5.97 Å². The van der Waals surface area contributed by atoms with Gasteiger partial charge in [0.05, 0.1) is 5.88 Å². The monoisotopic (exact) mass is 245 g/mol. The number of alkyl halides is 1. The second-order valence-corrected chi connectivity index (χ2v) is 4.48. The van der Waals surface area contributed by atoms with E-state index < -0.39 is 11.5 Å². The Morgan fingerprint density at radius 2 is 2.38 bits per heavy atom. The van der Waals surface area contributed by atoms with E-state index in [0.29, 0.717) is 11.7 Å². The lowest BCUT2D eigenvalue weighted by Crippen LogP contribution is -2.52. The average Bonchev–Trinajstić information content (AvgIpc) is 2.65. The summed E-state index contributed by atoms with van der Waals surface area (Å²) in [5.74, 6) is -0.409. The van der Waals surface area contributed by atoms with Crippen molar-refractivity contribution in [3.8, 4) is 0 Å². The third kappa shape index (κ3) is 2.74. The molecular formula is C10H16ClN3O2. The van der Waals surface area contributed by atoms with Crippen LogP contribution in [0.3, 0.4) is 0 Å². The lowest BCUT2D eigenvalue weighted by molar-refractivity contribution is -0.142. The number of hydrogen-bond donors (Lipinski definition) is 3. The molecule has 4 N–H and O–H groups in total. The standard InChI is InChI=1S/C10H16ClN3O2/c1-6(2)7-4-13-8(14-7)3-10(12,5-11)9(15)16/h4,6H,3,5,12H2,1-2H3,(H,13,14)(H,15,16). The Morgan fingerprint density at radius 3 is 2.75 bits per heavy atom. The maximum Gasteiger partial charge on any atom is 0.325 e. The lowest BCUT2D eigenvalue weighted by atomic mass is 9.99. The highest BCUT2D eigenvalue weighted by Gasteiger charge is 2.34. The molecule has 5 nitrogen and oxygen atoms in total. The van der Waals surface area contributed by atoms with Gasteiger partial charge in [0.25, 0.3) is 0 Å². The molecule has 0 fully saturated rings. The van der Waals surface area contributed by atoms with Crippen LogP contribution < -0.4 is 5.73 Å². The van der Waals surface area contributed by atoms with Gasteiger partial charge in [-0.3, -0.25) is 4.79 Å². The Balaban J connectivity index is 2.82. The van der Waals surface area contributed by atoms with Gasteiger partial charge in [-0.15, -0.1) is 11.6 Å². The summed E-state index contributed by atoms with van der Waals surface area (Å²) in [4.78, 5) is 18.1. The fourth-order valence-corrected chi connectivity index (χ4v) is 1.45. The topological polar surface area (TPSA) is 92.0 Å². The Hall–Kier alpha value is -1.07. The van der Waals surface area contributed by atoms with Crippen LogP contribution in [-0.2, 0) is 11.2 Å². The van der Waals surface area contributed by atoms with E-state index in [1.165, 1.54) is 0 Å². The molecule has 0 amide bonds. The molecule has 6 heteroatoms. The number of halogens is 1. The van der Waals surface area contributed by atoms with Crippen molar-refractivity contribution in [1.29, 1.82) is 0 Å². The van der Waals surface area contributed by atoms with Crippen molar-refractivity contribution in [1.82, 2.24) is 9.97 Å². The molecule has 0 aliphatic rings. The van der Waals surface area contributed by atoms with E-state index in [-0.39, 0.29) is 12.3 Å². The second kappa shape index (κ2) is 4.84. The summed E-state index contributed by atoms with van der Waals surface area (Å²) in [5.41, 5.74) is 5.16. The molecule has 0 saturated heterocycles. The molecule has 1 rings (SSSR count). The van der Waals surface area contributed by atoms with Crippen LogP contribution in [0.25, 0.3) is 0 Å². The van der Waals surface area contributed by atoms with Gasteiger partial charge in [0.1, 0.15) is 11.4 Å². The fraction of sp³-hybridized carbons (Fsp3) is 0.600. The van der Waals surface area contributed by atoms with E-state index in [1.54, 1.807) is 6.20 Å². The smallest absolute Gasteiger partial charge is 0.325 e. The number of nitrogens with two attached hydrogens (primary N) is 1. The van der Waals surface area contributed by atoms with Crippen molar-refractivity contribution in [2.45, 2.75) is 31.7 Å². The summed E-state index contributed by atoms with van der Waals surface area (Å²) >= 11 is 5.58. The largest absolute Gasteiger partial charge is 0.480 e. The van der Waals surface area contributed by atoms with Crippen molar-refractivity contribution in [3.05, 3.63) is 17.7 Å². The minimum Gasteiger partial charge on any atom is -0.480 e. The van der Waals surface area contributed by atoms with Gasteiger partial charge in [-0.2, -0.15) is 0 Å². The van der Waals surface area contributed by atoms with E-state index in [4.69, 9.17) is 22.4 Å². The third-order valence-corrected chi connectivity index (χ3v) is 2.89. The predicted octanol–water partition coefficient (Wildman–Crippen LogP) is 1.10. The van der Waals surface area contributed by atoms with Crippen molar-refractivity contribution >= 4 is 17.6 Å². The zero-order valence-corrected chi connectivity index (χ0v) is 10.1. The fourth-order valence-electron chi connectivity index (χ4n) is 1.24. The molecule has 0 aliphatic carbocycles. The number of nitrogens with one attached hydrogen (secondary N) is 1. The number of aliphatic carboxylic acids is 1. The number of H-pyrrole nitrogens is 1. The number of imidazole rings is 1. The Kier molecular flexibility index (Phi) is 3.93. The first-order chi connectivity index (χ1) is 7.39. The number of carbonyl (C=O) groups is 1. The summed E-state index contributed by atoms with van der Waals surface area (Å²) < 4.78 is 0. The second-order valence-electron chi connectivity index (χ2n) is 4.21. The molecule has 0 aromatic carbocycles. The van der Waals surface area contributed by atoms with Crippen molar-refractivity contribution in [2.75, 3.05) is 5.88 Å². The maximum atomic E-state index is 10.9. The summed E-state index contributed by atoms with van der Waals surface area (Å²) in [6.07, 6.45) is 1.79. The van der Waals surface area contributed by atoms with Gasteiger partial charge in [0.2, 0.25) is 0 Å². The number of carboxylic acids is 1. The van der Waals surface area contributed by atoms with Crippen LogP contribution in [0.2, 0.25) is 0 Å². The average molecular weight is 246 g/mol. The molecule has 1 aromatic heterocycles. The number of carboxylic acid groups (broad SMARTS) is 1. The summed E-state index contributed by atoms with van der Waals surface area (Å²) in [7, 11) is 0. The Labute approximate surface area is 99.0 Å². The van der Waals surface area contributed by atoms with Crippen molar-refractivity contribution in [2.24, 2.45) is 5.73 Å². The first-order valence-electron chi connectivity index (χ1n) is 5.01. The van der Waals surface area contributed by atoms with Crippen molar-refractivity contribution in [3.63, 3.8) is 0 Å². The third-order valence-electron chi connectivity index (χ3n) is 2.42. The van der Waals surface area contributed by atoms with E-state index in [1.807, 2.05) is 13.8 Å². The highest BCUT2D eigenvalue weighted by molar-refractivity contribution is 6.20. The molecule has 1 aromatic rings. The van der Waals surface area contributed by atoms with E-state index in [2.05, 4.69) is 9.97 Å². The van der Waals surface area contributed by atoms with Gasteiger partial charge in [-0.05, 0) is 5.92 Å². The zero-order valence-electron chi connectivity index (χ0n) is 9.33. The molecule has 0 saturated carbocycles. The zero-order chi connectivity index (χ0) is 12.3. The molecule has 0 bridgehead atoms. The Morgan fingerprint density at radius 1 is 1.75 bits per heavy atom. The van der Waals surface area contributed by atoms with Gasteiger partial charge < -0.3 is 15.8 Å². The first-order valence-corrected chi connectivity index (χ1v) is 5.54. The summed E-state index contributed by atoms with van der Waals surface area (Å²) in [5, 5.41) is 8.96. The predicted molar refractivity (Wildman–Crippen MR) is 61.7 cm³/mol. The lowest BCUT2D eigenvalue weighted by Gasteiger charge is -2.20. The van der Waals surface area contributed by atoms with E-state index in [0.717, 1.165) is 5.69 Å². The normalized spacial score (nSPS) is 15.1. The highest BCUT2D eigenvalue weighted by atomic mass is 35.5. The molecule has 1 unspecified atom stereocenters. The van der Waals surface area contributed by atoms with Crippen LogP contribution in [0.5, 0.6) is 0 Å². The Bertz CT molecular complexity index is 378. The SMILES string of the molecule is CC(C)c1cnc(CC(N)(CCl)C(=O)O)[nH]1. The molecule has 0 radical (unpaired) electrons. The van der Waals surface area contributed by atoms with Crippen molar-refractivity contribution < 1.29 is 9.90 Å². The highest BCUT2D eigenvalue weighted by Crippen LogP contribution is 2.15. The van der Waals surface area contributed by atoms with Gasteiger partial charge in [-0.1, -0.05) is 13.8 Å². The number of aromatic nitrogens is 2. The number of hydrogen-bond acceptors (Lipinski definition) is 3. The van der Waals surface area contributed by atoms with Crippen LogP contribution in [0.15, 0.2) is 6.20 Å². The number of aromatic amines is 1. The number of rotatable bonds is 5. The quantitative estimate of drug-likeness (QED) is 0.678. The van der Waals surface area contributed by atoms with Crippen LogP contribution in [0.1, 0.15) is 31.3 Å². The molecule has 0 spiro atoms. The molecule has 16 heavy (non-hydrogen) atoms. The van der Waals surface area contributed by atoms with Crippen LogP contribution in [0.4, 0.5) is 0 Å². The maximum absolute atomic E-state index is 10.9. The van der Waals surface area contributed by atoms with Crippen LogP contribution >= 0.6 is 11.6 Å². The number of nitrogens with zero attached hydrogens (tertiary/aromatic N) is 1.